The number of rotatable bonds is 2. The highest BCUT2D eigenvalue weighted by molar-refractivity contribution is 6.33. The van der Waals surface area contributed by atoms with E-state index in [9.17, 15) is 14.9 Å². The topological polar surface area (TPSA) is 78.7 Å². The summed E-state index contributed by atoms with van der Waals surface area (Å²) >= 11 is 5.93. The molecule has 1 aromatic rings. The third kappa shape index (κ3) is 2.03. The maximum Gasteiger partial charge on any atom is 0.317 e. The van der Waals surface area contributed by atoms with Gasteiger partial charge in [-0.3, -0.25) is 10.1 Å². The molecule has 1 N–H and O–H groups in total. The van der Waals surface area contributed by atoms with Gasteiger partial charge in [0.05, 0.1) is 11.0 Å². The van der Waals surface area contributed by atoms with Gasteiger partial charge < -0.3 is 15.1 Å². The van der Waals surface area contributed by atoms with Crippen LogP contribution in [-0.4, -0.2) is 48.1 Å². The van der Waals surface area contributed by atoms with E-state index in [0.717, 1.165) is 0 Å². The summed E-state index contributed by atoms with van der Waals surface area (Å²) in [7, 11) is 0. The van der Waals surface area contributed by atoms with Gasteiger partial charge in [-0.2, -0.15) is 0 Å². The van der Waals surface area contributed by atoms with Crippen molar-refractivity contribution >= 4 is 29.0 Å². The minimum atomic E-state index is -0.456. The molecule has 0 spiro atoms. The molecule has 2 saturated heterocycles. The molecule has 2 aliphatic rings. The largest absolute Gasteiger partial charge is 0.362 e. The Balaban J connectivity index is 1.89. The number of amides is 2. The molecule has 0 radical (unpaired) electrons. The second-order valence-corrected chi connectivity index (χ2v) is 5.25. The lowest BCUT2D eigenvalue weighted by Crippen LogP contribution is -2.52. The van der Waals surface area contributed by atoms with Crippen LogP contribution >= 0.6 is 11.6 Å². The van der Waals surface area contributed by atoms with Crippen LogP contribution in [0.3, 0.4) is 0 Å². The predicted molar refractivity (Wildman–Crippen MR) is 74.2 cm³/mol. The highest BCUT2D eigenvalue weighted by atomic mass is 35.5. The van der Waals surface area contributed by atoms with Crippen molar-refractivity contribution in [2.24, 2.45) is 0 Å². The maximum absolute atomic E-state index is 11.5. The lowest BCUT2D eigenvalue weighted by molar-refractivity contribution is -0.384. The first-order valence-electron chi connectivity index (χ1n) is 6.30. The Kier molecular flexibility index (Phi) is 3.13. The molecule has 8 heteroatoms. The minimum absolute atomic E-state index is 0.0508. The number of halogens is 1. The number of nitro groups is 1. The monoisotopic (exact) mass is 296 g/mol. The SMILES string of the molecule is O=C1NCC2CN(c3cccc(Cl)c3[N+](=O)[O-])CCN12. The van der Waals surface area contributed by atoms with Crippen molar-refractivity contribution in [3.63, 3.8) is 0 Å². The Hall–Kier alpha value is -2.02. The third-order valence-electron chi connectivity index (χ3n) is 3.72. The van der Waals surface area contributed by atoms with E-state index in [2.05, 4.69) is 5.32 Å². The number of urea groups is 1. The second kappa shape index (κ2) is 4.82. The molecule has 0 aromatic heterocycles. The van der Waals surface area contributed by atoms with Crippen LogP contribution in [-0.2, 0) is 0 Å². The molecule has 2 fully saturated rings. The minimum Gasteiger partial charge on any atom is -0.362 e. The molecule has 20 heavy (non-hydrogen) atoms. The fourth-order valence-corrected chi connectivity index (χ4v) is 3.00. The smallest absolute Gasteiger partial charge is 0.317 e. The normalized spacial score (nSPS) is 21.6. The van der Waals surface area contributed by atoms with Gasteiger partial charge in [0.25, 0.3) is 0 Å². The molecule has 1 atom stereocenters. The summed E-state index contributed by atoms with van der Waals surface area (Å²) in [5.74, 6) is 0. The van der Waals surface area contributed by atoms with Crippen molar-refractivity contribution < 1.29 is 9.72 Å². The molecule has 1 unspecified atom stereocenters. The number of benzene rings is 1. The third-order valence-corrected chi connectivity index (χ3v) is 4.03. The summed E-state index contributed by atoms with van der Waals surface area (Å²) in [6.07, 6.45) is 0. The van der Waals surface area contributed by atoms with Crippen LogP contribution in [0.1, 0.15) is 0 Å². The number of nitrogens with zero attached hydrogens (tertiary/aromatic N) is 3. The van der Waals surface area contributed by atoms with Crippen LogP contribution in [0.25, 0.3) is 0 Å². The van der Waals surface area contributed by atoms with E-state index in [1.54, 1.807) is 17.0 Å². The summed E-state index contributed by atoms with van der Waals surface area (Å²) in [5.41, 5.74) is 0.446. The van der Waals surface area contributed by atoms with Gasteiger partial charge in [0.2, 0.25) is 0 Å². The molecule has 0 saturated carbocycles. The number of anilines is 1. The van der Waals surface area contributed by atoms with Crippen LogP contribution in [0.2, 0.25) is 5.02 Å². The number of carbonyl (C=O) groups is 1. The van der Waals surface area contributed by atoms with E-state index in [4.69, 9.17) is 11.6 Å². The molecular weight excluding hydrogens is 284 g/mol. The first-order valence-corrected chi connectivity index (χ1v) is 6.68. The van der Waals surface area contributed by atoms with E-state index < -0.39 is 4.92 Å². The first kappa shape index (κ1) is 13.0. The van der Waals surface area contributed by atoms with Crippen LogP contribution < -0.4 is 10.2 Å². The number of para-hydroxylation sites is 1. The van der Waals surface area contributed by atoms with Crippen LogP contribution in [0.5, 0.6) is 0 Å². The number of fused-ring (bicyclic) bond motifs is 1. The zero-order valence-corrected chi connectivity index (χ0v) is 11.3. The number of nitrogens with one attached hydrogen (secondary N) is 1. The van der Waals surface area contributed by atoms with E-state index in [1.165, 1.54) is 6.07 Å². The Labute approximate surface area is 120 Å². The number of hydrogen-bond donors (Lipinski definition) is 1. The summed E-state index contributed by atoms with van der Waals surface area (Å²) < 4.78 is 0. The van der Waals surface area contributed by atoms with Gasteiger partial charge in [0.15, 0.2) is 0 Å². The van der Waals surface area contributed by atoms with Gasteiger partial charge in [-0.1, -0.05) is 17.7 Å². The van der Waals surface area contributed by atoms with Gasteiger partial charge >= 0.3 is 11.7 Å². The molecule has 0 bridgehead atoms. The van der Waals surface area contributed by atoms with Crippen LogP contribution in [0, 0.1) is 10.1 Å². The highest BCUT2D eigenvalue weighted by Crippen LogP contribution is 2.36. The Morgan fingerprint density at radius 1 is 1.40 bits per heavy atom. The Morgan fingerprint density at radius 3 is 2.95 bits per heavy atom. The number of nitro benzene ring substituents is 1. The van der Waals surface area contributed by atoms with Gasteiger partial charge in [-0.15, -0.1) is 0 Å². The molecule has 2 aliphatic heterocycles. The lowest BCUT2D eigenvalue weighted by atomic mass is 10.1. The lowest BCUT2D eigenvalue weighted by Gasteiger charge is -2.37. The van der Waals surface area contributed by atoms with Crippen LogP contribution in [0.4, 0.5) is 16.2 Å². The predicted octanol–water partition coefficient (Wildman–Crippen LogP) is 1.46. The van der Waals surface area contributed by atoms with Crippen molar-refractivity contribution in [2.75, 3.05) is 31.1 Å². The molecule has 2 heterocycles. The number of carbonyl (C=O) groups excluding carboxylic acids is 1. The molecule has 106 valence electrons. The molecule has 2 amide bonds. The quantitative estimate of drug-likeness (QED) is 0.662. The van der Waals surface area contributed by atoms with Gasteiger partial charge in [-0.25, -0.2) is 4.79 Å². The van der Waals surface area contributed by atoms with Gasteiger partial charge in [-0.05, 0) is 12.1 Å². The van der Waals surface area contributed by atoms with Crippen molar-refractivity contribution in [1.82, 2.24) is 10.2 Å². The molecule has 1 aromatic carbocycles. The van der Waals surface area contributed by atoms with Crippen molar-refractivity contribution in [2.45, 2.75) is 6.04 Å². The molecule has 7 nitrogen and oxygen atoms in total. The van der Waals surface area contributed by atoms with E-state index in [0.29, 0.717) is 31.9 Å². The summed E-state index contributed by atoms with van der Waals surface area (Å²) in [4.78, 5) is 26.0. The maximum atomic E-state index is 11.5. The van der Waals surface area contributed by atoms with Crippen molar-refractivity contribution in [1.29, 1.82) is 0 Å². The van der Waals surface area contributed by atoms with E-state index >= 15 is 0 Å². The number of hydrogen-bond acceptors (Lipinski definition) is 4. The molecular formula is C12H13ClN4O3. The zero-order valence-electron chi connectivity index (χ0n) is 10.6. The average Bonchev–Trinajstić information content (AvgIpc) is 2.79. The highest BCUT2D eigenvalue weighted by Gasteiger charge is 2.37. The molecule has 3 rings (SSSR count). The fraction of sp³-hybridized carbons (Fsp3) is 0.417. The van der Waals surface area contributed by atoms with E-state index in [1.807, 2.05) is 4.90 Å². The van der Waals surface area contributed by atoms with E-state index in [-0.39, 0.29) is 22.8 Å². The van der Waals surface area contributed by atoms with Crippen molar-refractivity contribution in [3.8, 4) is 0 Å². The standard InChI is InChI=1S/C12H13ClN4O3/c13-9-2-1-3-10(11(9)17(19)20)15-4-5-16-8(7-15)6-14-12(16)18/h1-3,8H,4-7H2,(H,14,18). The fourth-order valence-electron chi connectivity index (χ4n) is 2.76. The zero-order chi connectivity index (χ0) is 14.3. The summed E-state index contributed by atoms with van der Waals surface area (Å²) in [6.45, 7) is 2.26. The molecule has 0 aliphatic carbocycles. The second-order valence-electron chi connectivity index (χ2n) is 4.84. The van der Waals surface area contributed by atoms with Crippen molar-refractivity contribution in [3.05, 3.63) is 33.3 Å². The van der Waals surface area contributed by atoms with Gasteiger partial charge in [0, 0.05) is 26.2 Å². The average molecular weight is 297 g/mol. The number of piperazine rings is 1. The summed E-state index contributed by atoms with van der Waals surface area (Å²) in [5, 5.41) is 14.1. The van der Waals surface area contributed by atoms with Crippen LogP contribution in [0.15, 0.2) is 18.2 Å². The van der Waals surface area contributed by atoms with Gasteiger partial charge in [0.1, 0.15) is 10.7 Å². The Morgan fingerprint density at radius 2 is 2.20 bits per heavy atom. The Bertz CT molecular complexity index is 580. The first-order chi connectivity index (χ1) is 9.58. The summed E-state index contributed by atoms with van der Waals surface area (Å²) in [6, 6.07) is 4.91.